The molecular formula is C17H20F2N2O2. The molecule has 2 heterocycles. The van der Waals surface area contributed by atoms with Crippen LogP contribution in [0, 0.1) is 23.0 Å². The van der Waals surface area contributed by atoms with Crippen molar-refractivity contribution in [1.82, 2.24) is 9.80 Å². The summed E-state index contributed by atoms with van der Waals surface area (Å²) in [6, 6.07) is 3.52. The van der Waals surface area contributed by atoms with Crippen molar-refractivity contribution in [3.8, 4) is 0 Å². The molecule has 0 saturated carbocycles. The lowest BCUT2D eigenvalue weighted by Gasteiger charge is -2.25. The summed E-state index contributed by atoms with van der Waals surface area (Å²) >= 11 is 0. The molecule has 2 fully saturated rings. The summed E-state index contributed by atoms with van der Waals surface area (Å²) in [6.45, 7) is 6.88. The molecular weight excluding hydrogens is 302 g/mol. The van der Waals surface area contributed by atoms with E-state index in [1.54, 1.807) is 6.08 Å². The number of hydrogen-bond donors (Lipinski definition) is 1. The Labute approximate surface area is 134 Å². The average molecular weight is 322 g/mol. The molecule has 6 heteroatoms. The van der Waals surface area contributed by atoms with Crippen molar-refractivity contribution in [2.45, 2.75) is 6.54 Å². The summed E-state index contributed by atoms with van der Waals surface area (Å²) in [5.41, 5.74) is -0.408. The molecule has 0 unspecified atom stereocenters. The first kappa shape index (κ1) is 16.1. The van der Waals surface area contributed by atoms with Gasteiger partial charge in [-0.25, -0.2) is 8.78 Å². The molecule has 4 nitrogen and oxygen atoms in total. The zero-order valence-corrected chi connectivity index (χ0v) is 12.8. The fraction of sp³-hybridized carbons (Fsp3) is 0.471. The first-order valence-corrected chi connectivity index (χ1v) is 7.67. The number of hydrogen-bond acceptors (Lipinski definition) is 3. The van der Waals surface area contributed by atoms with Crippen LogP contribution in [0.15, 0.2) is 30.9 Å². The Bertz CT molecular complexity index is 637. The largest absolute Gasteiger partial charge is 0.481 e. The minimum atomic E-state index is -0.806. The van der Waals surface area contributed by atoms with Gasteiger partial charge in [0.25, 0.3) is 0 Å². The fourth-order valence-electron chi connectivity index (χ4n) is 3.91. The Kier molecular flexibility index (Phi) is 4.21. The third-order valence-electron chi connectivity index (χ3n) is 4.97. The Morgan fingerprint density at radius 3 is 2.65 bits per heavy atom. The molecule has 2 aliphatic heterocycles. The topological polar surface area (TPSA) is 43.8 Å². The lowest BCUT2D eigenvalue weighted by Crippen LogP contribution is -2.40. The first-order valence-electron chi connectivity index (χ1n) is 7.67. The Hall–Kier alpha value is -1.79. The van der Waals surface area contributed by atoms with Crippen molar-refractivity contribution >= 4 is 5.97 Å². The normalized spacial score (nSPS) is 28.0. The van der Waals surface area contributed by atoms with E-state index < -0.39 is 23.0 Å². The summed E-state index contributed by atoms with van der Waals surface area (Å²) in [5.74, 6) is -1.97. The van der Waals surface area contributed by atoms with E-state index >= 15 is 0 Å². The highest BCUT2D eigenvalue weighted by atomic mass is 19.1. The minimum absolute atomic E-state index is 0.0171. The second kappa shape index (κ2) is 6.02. The molecule has 1 aromatic carbocycles. The van der Waals surface area contributed by atoms with Crippen LogP contribution in [0.3, 0.4) is 0 Å². The van der Waals surface area contributed by atoms with E-state index in [0.29, 0.717) is 44.8 Å². The van der Waals surface area contributed by atoms with Crippen molar-refractivity contribution < 1.29 is 18.7 Å². The van der Waals surface area contributed by atoms with Gasteiger partial charge >= 0.3 is 5.97 Å². The molecule has 0 radical (unpaired) electrons. The summed E-state index contributed by atoms with van der Waals surface area (Å²) in [7, 11) is 0. The molecule has 0 spiro atoms. The van der Waals surface area contributed by atoms with Gasteiger partial charge in [0.2, 0.25) is 0 Å². The number of carboxylic acids is 1. The van der Waals surface area contributed by atoms with Crippen molar-refractivity contribution in [2.75, 3.05) is 32.7 Å². The second-order valence-corrected chi connectivity index (χ2v) is 6.55. The quantitative estimate of drug-likeness (QED) is 0.842. The van der Waals surface area contributed by atoms with Crippen molar-refractivity contribution in [3.05, 3.63) is 48.1 Å². The van der Waals surface area contributed by atoms with Crippen LogP contribution in [0.5, 0.6) is 0 Å². The second-order valence-electron chi connectivity index (χ2n) is 6.55. The summed E-state index contributed by atoms with van der Waals surface area (Å²) in [5, 5.41) is 9.73. The number of benzene rings is 1. The van der Waals surface area contributed by atoms with E-state index in [0.717, 1.165) is 6.07 Å². The number of nitrogens with zero attached hydrogens (tertiary/aromatic N) is 2. The van der Waals surface area contributed by atoms with Gasteiger partial charge < -0.3 is 5.11 Å². The van der Waals surface area contributed by atoms with Crippen LogP contribution in [-0.2, 0) is 11.3 Å². The van der Waals surface area contributed by atoms with Gasteiger partial charge in [-0.2, -0.15) is 0 Å². The number of carbonyl (C=O) groups is 1. The van der Waals surface area contributed by atoms with Crippen LogP contribution in [0.1, 0.15) is 5.56 Å². The molecule has 1 aromatic rings. The molecule has 0 bridgehead atoms. The van der Waals surface area contributed by atoms with Gasteiger partial charge in [0.05, 0.1) is 5.41 Å². The fourth-order valence-corrected chi connectivity index (χ4v) is 3.91. The van der Waals surface area contributed by atoms with Crippen molar-refractivity contribution in [3.63, 3.8) is 0 Å². The van der Waals surface area contributed by atoms with E-state index in [4.69, 9.17) is 0 Å². The number of likely N-dealkylation sites (tertiary alicyclic amines) is 2. The Morgan fingerprint density at radius 1 is 1.35 bits per heavy atom. The predicted octanol–water partition coefficient (Wildman–Crippen LogP) is 1.97. The lowest BCUT2D eigenvalue weighted by molar-refractivity contribution is -0.148. The predicted molar refractivity (Wildman–Crippen MR) is 81.8 cm³/mol. The Balaban J connectivity index is 1.74. The molecule has 0 aromatic heterocycles. The average Bonchev–Trinajstić information content (AvgIpc) is 2.97. The third-order valence-corrected chi connectivity index (χ3v) is 4.97. The van der Waals surface area contributed by atoms with E-state index in [-0.39, 0.29) is 5.92 Å². The molecule has 1 N–H and O–H groups in total. The van der Waals surface area contributed by atoms with Crippen LogP contribution in [0.4, 0.5) is 8.78 Å². The summed E-state index contributed by atoms with van der Waals surface area (Å²) in [4.78, 5) is 15.9. The van der Waals surface area contributed by atoms with Gasteiger partial charge in [0.15, 0.2) is 0 Å². The maximum absolute atomic E-state index is 13.8. The monoisotopic (exact) mass is 322 g/mol. The maximum Gasteiger partial charge on any atom is 0.312 e. The van der Waals surface area contributed by atoms with Crippen LogP contribution in [-0.4, -0.2) is 53.6 Å². The Morgan fingerprint density at radius 2 is 2.04 bits per heavy atom. The van der Waals surface area contributed by atoms with Gasteiger partial charge in [0.1, 0.15) is 11.6 Å². The zero-order valence-electron chi connectivity index (χ0n) is 12.8. The number of fused-ring (bicyclic) bond motifs is 1. The molecule has 2 atom stereocenters. The van der Waals surface area contributed by atoms with Crippen molar-refractivity contribution in [2.24, 2.45) is 11.3 Å². The van der Waals surface area contributed by atoms with E-state index in [1.165, 1.54) is 12.1 Å². The molecule has 0 aliphatic carbocycles. The standard InChI is InChI=1S/C17H20F2N2O2/c1-2-5-20-8-13-9-21(11-17(13,10-20)16(22)23)7-12-3-4-14(18)6-15(12)19/h2-4,6,13H,1,5,7-11H2,(H,22,23)/t13-,17-/m0/s1. The summed E-state index contributed by atoms with van der Waals surface area (Å²) in [6.07, 6.45) is 1.78. The van der Waals surface area contributed by atoms with Gasteiger partial charge in [-0.1, -0.05) is 12.1 Å². The van der Waals surface area contributed by atoms with Crippen LogP contribution < -0.4 is 0 Å². The number of halogens is 2. The van der Waals surface area contributed by atoms with Gasteiger partial charge in [-0.05, 0) is 6.07 Å². The highest BCUT2D eigenvalue weighted by molar-refractivity contribution is 5.77. The zero-order chi connectivity index (χ0) is 16.6. The van der Waals surface area contributed by atoms with E-state index in [1.807, 2.05) is 4.90 Å². The van der Waals surface area contributed by atoms with Crippen molar-refractivity contribution in [1.29, 1.82) is 0 Å². The highest BCUT2D eigenvalue weighted by Gasteiger charge is 2.57. The van der Waals surface area contributed by atoms with Gasteiger partial charge in [-0.15, -0.1) is 6.58 Å². The molecule has 0 amide bonds. The highest BCUT2D eigenvalue weighted by Crippen LogP contribution is 2.43. The smallest absolute Gasteiger partial charge is 0.312 e. The van der Waals surface area contributed by atoms with E-state index in [2.05, 4.69) is 11.5 Å². The summed E-state index contributed by atoms with van der Waals surface area (Å²) < 4.78 is 26.8. The SMILES string of the molecule is C=CCN1C[C@H]2CN(Cc3ccc(F)cc3F)C[C@@]2(C(=O)O)C1. The maximum atomic E-state index is 13.8. The lowest BCUT2D eigenvalue weighted by atomic mass is 9.81. The first-order chi connectivity index (χ1) is 10.9. The molecule has 3 rings (SSSR count). The van der Waals surface area contributed by atoms with Gasteiger partial charge in [0, 0.05) is 56.8 Å². The van der Waals surface area contributed by atoms with Gasteiger partial charge in [-0.3, -0.25) is 14.6 Å². The minimum Gasteiger partial charge on any atom is -0.481 e. The molecule has 2 saturated heterocycles. The molecule has 2 aliphatic rings. The van der Waals surface area contributed by atoms with Crippen LogP contribution >= 0.6 is 0 Å². The third kappa shape index (κ3) is 2.88. The van der Waals surface area contributed by atoms with Crippen LogP contribution in [0.2, 0.25) is 0 Å². The van der Waals surface area contributed by atoms with E-state index in [9.17, 15) is 18.7 Å². The van der Waals surface area contributed by atoms with Crippen LogP contribution in [0.25, 0.3) is 0 Å². The number of rotatable bonds is 5. The number of aliphatic carboxylic acids is 1. The molecule has 23 heavy (non-hydrogen) atoms. The molecule has 124 valence electrons. The number of carboxylic acid groups (broad SMARTS) is 1.